The monoisotopic (exact) mass is 375 g/mol. The standard InChI is InChI=1S/C17H14ClN3O3S/c1-10(16-19-13-5-3-4-6-15(13)25-16)20(2)17(22)11-7-8-12(18)14(9-11)21(23)24/h3-10H,1-2H3/t10-/m0/s1. The van der Waals surface area contributed by atoms with Gasteiger partial charge in [-0.1, -0.05) is 23.7 Å². The molecule has 128 valence electrons. The summed E-state index contributed by atoms with van der Waals surface area (Å²) in [6.07, 6.45) is 0. The van der Waals surface area contributed by atoms with Crippen LogP contribution in [0.25, 0.3) is 10.2 Å². The van der Waals surface area contributed by atoms with Crippen molar-refractivity contribution in [1.29, 1.82) is 0 Å². The van der Waals surface area contributed by atoms with Gasteiger partial charge in [-0.3, -0.25) is 14.9 Å². The number of carbonyl (C=O) groups excluding carboxylic acids is 1. The second-order valence-corrected chi connectivity index (χ2v) is 7.00. The minimum absolute atomic E-state index is 0.00317. The van der Waals surface area contributed by atoms with Gasteiger partial charge in [-0.25, -0.2) is 4.98 Å². The minimum atomic E-state index is -0.601. The molecule has 0 saturated carbocycles. The number of carbonyl (C=O) groups is 1. The summed E-state index contributed by atoms with van der Waals surface area (Å²) in [6.45, 7) is 1.87. The molecule has 6 nitrogen and oxygen atoms in total. The summed E-state index contributed by atoms with van der Waals surface area (Å²) in [5, 5.41) is 11.8. The number of nitrogens with zero attached hydrogens (tertiary/aromatic N) is 3. The number of benzene rings is 2. The zero-order chi connectivity index (χ0) is 18.1. The van der Waals surface area contributed by atoms with Gasteiger partial charge in [-0.2, -0.15) is 0 Å². The fourth-order valence-corrected chi connectivity index (χ4v) is 3.65. The summed E-state index contributed by atoms with van der Waals surface area (Å²) < 4.78 is 1.05. The van der Waals surface area contributed by atoms with E-state index in [9.17, 15) is 14.9 Å². The molecule has 0 spiro atoms. The maximum absolute atomic E-state index is 12.7. The van der Waals surface area contributed by atoms with Crippen LogP contribution >= 0.6 is 22.9 Å². The highest BCUT2D eigenvalue weighted by Crippen LogP contribution is 2.31. The van der Waals surface area contributed by atoms with Crippen LogP contribution in [0.1, 0.15) is 28.3 Å². The summed E-state index contributed by atoms with van der Waals surface area (Å²) in [7, 11) is 1.65. The van der Waals surface area contributed by atoms with E-state index >= 15 is 0 Å². The Bertz CT molecular complexity index is 940. The summed E-state index contributed by atoms with van der Waals surface area (Å²) in [5.41, 5.74) is 0.817. The molecule has 1 aromatic heterocycles. The zero-order valence-electron chi connectivity index (χ0n) is 13.5. The number of para-hydroxylation sites is 1. The summed E-state index contributed by atoms with van der Waals surface area (Å²) in [6, 6.07) is 11.5. The van der Waals surface area contributed by atoms with Crippen molar-refractivity contribution in [2.45, 2.75) is 13.0 Å². The third kappa shape index (κ3) is 3.33. The molecule has 0 aliphatic carbocycles. The van der Waals surface area contributed by atoms with Crippen molar-refractivity contribution >= 4 is 44.7 Å². The van der Waals surface area contributed by atoms with Crippen molar-refractivity contribution < 1.29 is 9.72 Å². The highest BCUT2D eigenvalue weighted by molar-refractivity contribution is 7.18. The Kier molecular flexibility index (Phi) is 4.69. The highest BCUT2D eigenvalue weighted by atomic mass is 35.5. The molecule has 2 aromatic carbocycles. The van der Waals surface area contributed by atoms with Crippen LogP contribution in [0.5, 0.6) is 0 Å². The van der Waals surface area contributed by atoms with Gasteiger partial charge in [0.1, 0.15) is 10.0 Å². The molecular weight excluding hydrogens is 362 g/mol. The normalized spacial score (nSPS) is 12.1. The lowest BCUT2D eigenvalue weighted by atomic mass is 10.1. The molecular formula is C17H14ClN3O3S. The van der Waals surface area contributed by atoms with Crippen molar-refractivity contribution in [2.75, 3.05) is 7.05 Å². The van der Waals surface area contributed by atoms with E-state index in [0.29, 0.717) is 0 Å². The first-order valence-corrected chi connectivity index (χ1v) is 8.64. The molecule has 0 saturated heterocycles. The fourth-order valence-electron chi connectivity index (χ4n) is 2.40. The number of aromatic nitrogens is 1. The molecule has 1 amide bonds. The summed E-state index contributed by atoms with van der Waals surface area (Å²) >= 11 is 7.33. The first-order valence-electron chi connectivity index (χ1n) is 7.45. The second kappa shape index (κ2) is 6.78. The number of amides is 1. The summed E-state index contributed by atoms with van der Waals surface area (Å²) in [4.78, 5) is 29.2. The minimum Gasteiger partial charge on any atom is -0.333 e. The smallest absolute Gasteiger partial charge is 0.288 e. The lowest BCUT2D eigenvalue weighted by Gasteiger charge is -2.23. The molecule has 0 bridgehead atoms. The van der Waals surface area contributed by atoms with Crippen LogP contribution in [-0.4, -0.2) is 27.8 Å². The number of rotatable bonds is 4. The largest absolute Gasteiger partial charge is 0.333 e. The molecule has 1 atom stereocenters. The number of hydrogen-bond donors (Lipinski definition) is 0. The van der Waals surface area contributed by atoms with Gasteiger partial charge in [0.15, 0.2) is 0 Å². The third-order valence-corrected chi connectivity index (χ3v) is 5.49. The molecule has 0 aliphatic heterocycles. The Morgan fingerprint density at radius 3 is 2.72 bits per heavy atom. The van der Waals surface area contributed by atoms with E-state index in [1.165, 1.54) is 34.4 Å². The maximum Gasteiger partial charge on any atom is 0.288 e. The van der Waals surface area contributed by atoms with Crippen LogP contribution < -0.4 is 0 Å². The van der Waals surface area contributed by atoms with Gasteiger partial charge in [0, 0.05) is 18.7 Å². The predicted molar refractivity (Wildman–Crippen MR) is 98.2 cm³/mol. The number of fused-ring (bicyclic) bond motifs is 1. The molecule has 0 fully saturated rings. The highest BCUT2D eigenvalue weighted by Gasteiger charge is 2.24. The molecule has 0 aliphatic rings. The predicted octanol–water partition coefficient (Wildman–Crippen LogP) is 4.69. The Morgan fingerprint density at radius 1 is 1.32 bits per heavy atom. The molecule has 8 heteroatoms. The lowest BCUT2D eigenvalue weighted by molar-refractivity contribution is -0.384. The Labute approximate surface area is 152 Å². The molecule has 3 aromatic rings. The molecule has 3 rings (SSSR count). The Hall–Kier alpha value is -2.51. The number of nitro groups is 1. The molecule has 0 radical (unpaired) electrons. The Balaban J connectivity index is 1.89. The average molecular weight is 376 g/mol. The molecule has 25 heavy (non-hydrogen) atoms. The number of thiazole rings is 1. The van der Waals surface area contributed by atoms with E-state index in [4.69, 9.17) is 11.6 Å². The van der Waals surface area contributed by atoms with Crippen molar-refractivity contribution in [3.8, 4) is 0 Å². The van der Waals surface area contributed by atoms with Crippen LogP contribution in [0.4, 0.5) is 5.69 Å². The second-order valence-electron chi connectivity index (χ2n) is 5.54. The molecule has 0 N–H and O–H groups in total. The van der Waals surface area contributed by atoms with Crippen molar-refractivity contribution in [3.05, 3.63) is 68.2 Å². The topological polar surface area (TPSA) is 76.3 Å². The van der Waals surface area contributed by atoms with Crippen molar-refractivity contribution in [3.63, 3.8) is 0 Å². The van der Waals surface area contributed by atoms with Gasteiger partial charge in [0.2, 0.25) is 0 Å². The van der Waals surface area contributed by atoms with Gasteiger partial charge in [0.05, 0.1) is 21.2 Å². The first-order chi connectivity index (χ1) is 11.9. The van der Waals surface area contributed by atoms with E-state index in [-0.39, 0.29) is 28.2 Å². The van der Waals surface area contributed by atoms with Crippen LogP contribution in [0.2, 0.25) is 5.02 Å². The van der Waals surface area contributed by atoms with Gasteiger partial charge < -0.3 is 4.90 Å². The van der Waals surface area contributed by atoms with E-state index in [2.05, 4.69) is 4.98 Å². The first kappa shape index (κ1) is 17.3. The van der Waals surface area contributed by atoms with E-state index in [0.717, 1.165) is 15.2 Å². The quantitative estimate of drug-likeness (QED) is 0.489. The Morgan fingerprint density at radius 2 is 2.04 bits per heavy atom. The maximum atomic E-state index is 12.7. The van der Waals surface area contributed by atoms with Gasteiger partial charge in [-0.15, -0.1) is 11.3 Å². The fraction of sp³-hybridized carbons (Fsp3) is 0.176. The van der Waals surface area contributed by atoms with E-state index in [1.54, 1.807) is 7.05 Å². The SMILES string of the molecule is C[C@@H](c1nc2ccccc2s1)N(C)C(=O)c1ccc(Cl)c([N+](=O)[O-])c1. The van der Waals surface area contributed by atoms with E-state index < -0.39 is 4.92 Å². The number of halogens is 1. The zero-order valence-corrected chi connectivity index (χ0v) is 15.0. The number of nitro benzene ring substituents is 1. The van der Waals surface area contributed by atoms with Gasteiger partial charge in [-0.05, 0) is 31.2 Å². The molecule has 1 heterocycles. The third-order valence-electron chi connectivity index (χ3n) is 3.96. The average Bonchev–Trinajstić information content (AvgIpc) is 3.04. The van der Waals surface area contributed by atoms with Gasteiger partial charge in [0.25, 0.3) is 11.6 Å². The van der Waals surface area contributed by atoms with Crippen LogP contribution in [0.3, 0.4) is 0 Å². The summed E-state index contributed by atoms with van der Waals surface area (Å²) in [5.74, 6) is -0.327. The van der Waals surface area contributed by atoms with Crippen LogP contribution in [0, 0.1) is 10.1 Å². The molecule has 0 unspecified atom stereocenters. The van der Waals surface area contributed by atoms with Gasteiger partial charge >= 0.3 is 0 Å². The van der Waals surface area contributed by atoms with Crippen LogP contribution in [0.15, 0.2) is 42.5 Å². The van der Waals surface area contributed by atoms with Crippen LogP contribution in [-0.2, 0) is 0 Å². The van der Waals surface area contributed by atoms with E-state index in [1.807, 2.05) is 31.2 Å². The van der Waals surface area contributed by atoms with Crippen molar-refractivity contribution in [1.82, 2.24) is 9.88 Å². The number of hydrogen-bond acceptors (Lipinski definition) is 5. The lowest BCUT2D eigenvalue weighted by Crippen LogP contribution is -2.29. The van der Waals surface area contributed by atoms with Crippen molar-refractivity contribution in [2.24, 2.45) is 0 Å².